The number of hydrogen-bond acceptors (Lipinski definition) is 3. The number of nitrogens with zero attached hydrogens (tertiary/aromatic N) is 1. The first kappa shape index (κ1) is 13.6. The van der Waals surface area contributed by atoms with Crippen LogP contribution in [0, 0.1) is 5.92 Å². The number of aliphatic hydroxyl groups is 1. The van der Waals surface area contributed by atoms with E-state index in [4.69, 9.17) is 23.2 Å². The van der Waals surface area contributed by atoms with Crippen LogP contribution in [-0.4, -0.2) is 36.5 Å². The van der Waals surface area contributed by atoms with E-state index in [0.717, 1.165) is 12.8 Å². The van der Waals surface area contributed by atoms with Crippen LogP contribution in [0.4, 0.5) is 0 Å². The number of rotatable bonds is 3. The van der Waals surface area contributed by atoms with Crippen molar-refractivity contribution in [1.82, 2.24) is 4.31 Å². The maximum atomic E-state index is 12.4. The quantitative estimate of drug-likeness (QED) is 0.927. The lowest BCUT2D eigenvalue weighted by Gasteiger charge is -2.45. The Kier molecular flexibility index (Phi) is 3.11. The number of β-amino-alcohol motifs (C(OH)–C–C–N with tert-alkyl or cyclic N) is 1. The summed E-state index contributed by atoms with van der Waals surface area (Å²) in [6, 6.07) is 4.58. The van der Waals surface area contributed by atoms with Crippen LogP contribution in [0.3, 0.4) is 0 Å². The highest BCUT2D eigenvalue weighted by molar-refractivity contribution is 7.89. The number of hydrogen-bond donors (Lipinski definition) is 1. The Morgan fingerprint density at radius 1 is 1.21 bits per heavy atom. The van der Waals surface area contributed by atoms with Crippen molar-refractivity contribution in [3.63, 3.8) is 0 Å². The zero-order chi connectivity index (χ0) is 13.8. The fraction of sp³-hybridized carbons (Fsp3) is 0.500. The summed E-state index contributed by atoms with van der Waals surface area (Å²) < 4.78 is 26.1. The molecule has 2 fully saturated rings. The second-order valence-corrected chi connectivity index (χ2v) is 7.89. The Hall–Kier alpha value is -0.330. The summed E-state index contributed by atoms with van der Waals surface area (Å²) in [6.45, 7) is 0.253. The van der Waals surface area contributed by atoms with Gasteiger partial charge < -0.3 is 5.11 Å². The third-order valence-corrected chi connectivity index (χ3v) is 6.50. The van der Waals surface area contributed by atoms with E-state index in [2.05, 4.69) is 0 Å². The molecule has 0 unspecified atom stereocenters. The van der Waals surface area contributed by atoms with Crippen molar-refractivity contribution in [3.8, 4) is 0 Å². The average molecular weight is 322 g/mol. The van der Waals surface area contributed by atoms with Gasteiger partial charge in [-0.3, -0.25) is 0 Å². The van der Waals surface area contributed by atoms with Gasteiger partial charge in [-0.15, -0.1) is 0 Å². The Balaban J connectivity index is 1.88. The van der Waals surface area contributed by atoms with E-state index in [9.17, 15) is 13.5 Å². The number of benzene rings is 1. The topological polar surface area (TPSA) is 57.6 Å². The highest BCUT2D eigenvalue weighted by Crippen LogP contribution is 2.46. The molecule has 1 saturated carbocycles. The van der Waals surface area contributed by atoms with Crippen LogP contribution in [0.25, 0.3) is 0 Å². The van der Waals surface area contributed by atoms with E-state index < -0.39 is 15.6 Å². The average Bonchev–Trinajstić information content (AvgIpc) is 3.07. The van der Waals surface area contributed by atoms with Crippen LogP contribution < -0.4 is 0 Å². The van der Waals surface area contributed by atoms with Gasteiger partial charge in [0.15, 0.2) is 0 Å². The van der Waals surface area contributed by atoms with Gasteiger partial charge in [-0.05, 0) is 30.9 Å². The molecule has 1 N–H and O–H groups in total. The molecule has 0 radical (unpaired) electrons. The summed E-state index contributed by atoms with van der Waals surface area (Å²) in [5.74, 6) is 0.237. The van der Waals surface area contributed by atoms with Gasteiger partial charge in [0.05, 0.1) is 15.6 Å². The van der Waals surface area contributed by atoms with Gasteiger partial charge in [-0.25, -0.2) is 8.42 Å². The van der Waals surface area contributed by atoms with Crippen LogP contribution in [-0.2, 0) is 10.0 Å². The fourth-order valence-corrected chi connectivity index (χ4v) is 5.13. The molecule has 1 aromatic rings. The molecule has 4 nitrogen and oxygen atoms in total. The summed E-state index contributed by atoms with van der Waals surface area (Å²) in [4.78, 5) is -0.0730. The Morgan fingerprint density at radius 3 is 2.21 bits per heavy atom. The first-order valence-corrected chi connectivity index (χ1v) is 8.21. The molecule has 0 bridgehead atoms. The minimum absolute atomic E-state index is 0.0730. The smallest absolute Gasteiger partial charge is 0.246 e. The molecule has 0 spiro atoms. The lowest BCUT2D eigenvalue weighted by atomic mass is 9.91. The summed E-state index contributed by atoms with van der Waals surface area (Å²) in [5, 5.41) is 10.4. The van der Waals surface area contributed by atoms with Crippen molar-refractivity contribution in [2.75, 3.05) is 13.1 Å². The van der Waals surface area contributed by atoms with E-state index in [1.54, 1.807) is 6.07 Å². The first-order valence-electron chi connectivity index (χ1n) is 6.01. The van der Waals surface area contributed by atoms with Crippen molar-refractivity contribution >= 4 is 33.2 Å². The molecule has 1 aliphatic heterocycles. The van der Waals surface area contributed by atoms with Crippen LogP contribution in [0.1, 0.15) is 12.8 Å². The van der Waals surface area contributed by atoms with Gasteiger partial charge in [-0.2, -0.15) is 4.31 Å². The second-order valence-electron chi connectivity index (χ2n) is 5.20. The minimum Gasteiger partial charge on any atom is -0.387 e. The summed E-state index contributed by atoms with van der Waals surface area (Å²) in [5.41, 5.74) is -0.860. The highest BCUT2D eigenvalue weighted by atomic mass is 35.5. The predicted molar refractivity (Wildman–Crippen MR) is 72.9 cm³/mol. The van der Waals surface area contributed by atoms with Gasteiger partial charge in [0.1, 0.15) is 4.90 Å². The molecule has 0 atom stereocenters. The van der Waals surface area contributed by atoms with Crippen molar-refractivity contribution in [2.24, 2.45) is 5.92 Å². The number of halogens is 2. The Bertz CT molecular complexity index is 602. The molecular weight excluding hydrogens is 309 g/mol. The van der Waals surface area contributed by atoms with E-state index in [1.165, 1.54) is 16.4 Å². The van der Waals surface area contributed by atoms with Gasteiger partial charge in [0.2, 0.25) is 10.0 Å². The van der Waals surface area contributed by atoms with E-state index in [-0.39, 0.29) is 33.9 Å². The summed E-state index contributed by atoms with van der Waals surface area (Å²) in [7, 11) is -3.73. The molecule has 19 heavy (non-hydrogen) atoms. The van der Waals surface area contributed by atoms with Crippen LogP contribution in [0.2, 0.25) is 10.0 Å². The summed E-state index contributed by atoms with van der Waals surface area (Å²) >= 11 is 11.9. The zero-order valence-electron chi connectivity index (χ0n) is 10.0. The SMILES string of the molecule is O=S(=O)(c1c(Cl)cccc1Cl)N1CC(O)(C2CC2)C1. The zero-order valence-corrected chi connectivity index (χ0v) is 12.3. The van der Waals surface area contributed by atoms with E-state index in [1.807, 2.05) is 0 Å². The molecule has 3 rings (SSSR count). The molecular formula is C12H13Cl2NO3S. The van der Waals surface area contributed by atoms with Gasteiger partial charge in [-0.1, -0.05) is 29.3 Å². The van der Waals surface area contributed by atoms with Crippen molar-refractivity contribution in [3.05, 3.63) is 28.2 Å². The Labute approximate surface area is 122 Å². The van der Waals surface area contributed by atoms with Crippen LogP contribution in [0.15, 0.2) is 23.1 Å². The monoisotopic (exact) mass is 321 g/mol. The molecule has 1 aromatic carbocycles. The number of sulfonamides is 1. The molecule has 0 aromatic heterocycles. The molecule has 7 heteroatoms. The standard InChI is InChI=1S/C12H13Cl2NO3S/c13-9-2-1-3-10(14)11(9)19(17,18)15-6-12(16,7-15)8-4-5-8/h1-3,8,16H,4-7H2. The van der Waals surface area contributed by atoms with Crippen molar-refractivity contribution in [2.45, 2.75) is 23.3 Å². The largest absolute Gasteiger partial charge is 0.387 e. The van der Waals surface area contributed by atoms with Gasteiger partial charge in [0.25, 0.3) is 0 Å². The van der Waals surface area contributed by atoms with E-state index in [0.29, 0.717) is 0 Å². The minimum atomic E-state index is -3.73. The third-order valence-electron chi connectivity index (χ3n) is 3.75. The molecule has 104 valence electrons. The molecule has 2 aliphatic rings. The molecule has 1 aliphatic carbocycles. The molecule has 0 amide bonds. The fourth-order valence-electron chi connectivity index (χ4n) is 2.47. The highest BCUT2D eigenvalue weighted by Gasteiger charge is 2.55. The Morgan fingerprint density at radius 2 is 1.74 bits per heavy atom. The molecule has 1 heterocycles. The lowest BCUT2D eigenvalue weighted by molar-refractivity contribution is -0.0764. The second kappa shape index (κ2) is 4.33. The maximum absolute atomic E-state index is 12.4. The van der Waals surface area contributed by atoms with Gasteiger partial charge in [0, 0.05) is 13.1 Å². The maximum Gasteiger partial charge on any atom is 0.246 e. The van der Waals surface area contributed by atoms with Crippen molar-refractivity contribution in [1.29, 1.82) is 0 Å². The normalized spacial score (nSPS) is 23.1. The summed E-state index contributed by atoms with van der Waals surface area (Å²) in [6.07, 6.45) is 1.94. The van der Waals surface area contributed by atoms with Crippen LogP contribution in [0.5, 0.6) is 0 Å². The van der Waals surface area contributed by atoms with Crippen molar-refractivity contribution < 1.29 is 13.5 Å². The van der Waals surface area contributed by atoms with Gasteiger partial charge >= 0.3 is 0 Å². The lowest BCUT2D eigenvalue weighted by Crippen LogP contribution is -2.64. The predicted octanol–water partition coefficient (Wildman–Crippen LogP) is 2.14. The molecule has 1 saturated heterocycles. The third kappa shape index (κ3) is 2.17. The van der Waals surface area contributed by atoms with E-state index >= 15 is 0 Å². The first-order chi connectivity index (χ1) is 8.84. The van der Waals surface area contributed by atoms with Crippen LogP contribution >= 0.6 is 23.2 Å².